The molecule has 0 spiro atoms. The summed E-state index contributed by atoms with van der Waals surface area (Å²) in [5.41, 5.74) is 1.14. The number of benzene rings is 1. The van der Waals surface area contributed by atoms with Crippen molar-refractivity contribution in [3.05, 3.63) is 46.6 Å². The van der Waals surface area contributed by atoms with Gasteiger partial charge >= 0.3 is 0 Å². The summed E-state index contributed by atoms with van der Waals surface area (Å²) in [5.74, 6) is 2.88. The van der Waals surface area contributed by atoms with Gasteiger partial charge in [0.1, 0.15) is 5.82 Å². The highest BCUT2D eigenvalue weighted by atomic mass is 79.9. The molecule has 0 bridgehead atoms. The topological polar surface area (TPSA) is 59.0 Å². The summed E-state index contributed by atoms with van der Waals surface area (Å²) in [6.07, 6.45) is 2.21. The van der Waals surface area contributed by atoms with Gasteiger partial charge in [-0.1, -0.05) is 28.1 Å². The molecule has 2 aromatic rings. The van der Waals surface area contributed by atoms with E-state index in [1.165, 1.54) is 0 Å². The fourth-order valence-corrected chi connectivity index (χ4v) is 3.71. The molecule has 2 N–H and O–H groups in total. The number of halogens is 2. The first-order chi connectivity index (χ1) is 11.2. The highest BCUT2D eigenvalue weighted by Crippen LogP contribution is 2.15. The first kappa shape index (κ1) is 19.3. The number of hydrogen-bond acceptors (Lipinski definition) is 4. The van der Waals surface area contributed by atoms with Crippen molar-refractivity contribution in [3.8, 4) is 0 Å². The number of carbonyl (C=O) groups is 1. The van der Waals surface area contributed by atoms with Crippen molar-refractivity contribution in [1.29, 1.82) is 0 Å². The zero-order valence-electron chi connectivity index (χ0n) is 13.1. The van der Waals surface area contributed by atoms with Gasteiger partial charge < -0.3 is 10.6 Å². The SMILES string of the molecule is Cl.O=C(CC1CSCCN1)Nc1ccnn1Cc1ccc(Br)cc1. The molecule has 1 atom stereocenters. The monoisotopic (exact) mass is 430 g/mol. The average Bonchev–Trinajstić information content (AvgIpc) is 2.97. The quantitative estimate of drug-likeness (QED) is 0.763. The molecular weight excluding hydrogens is 412 g/mol. The maximum Gasteiger partial charge on any atom is 0.227 e. The number of nitrogens with zero attached hydrogens (tertiary/aromatic N) is 2. The smallest absolute Gasteiger partial charge is 0.227 e. The summed E-state index contributed by atoms with van der Waals surface area (Å²) in [6.45, 7) is 1.61. The molecule has 0 radical (unpaired) electrons. The van der Waals surface area contributed by atoms with Gasteiger partial charge in [0, 0.05) is 41.1 Å². The fourth-order valence-electron chi connectivity index (χ4n) is 2.50. The minimum Gasteiger partial charge on any atom is -0.312 e. The van der Waals surface area contributed by atoms with Crippen LogP contribution in [0.2, 0.25) is 0 Å². The summed E-state index contributed by atoms with van der Waals surface area (Å²) in [5, 5.41) is 10.7. The van der Waals surface area contributed by atoms with Crippen molar-refractivity contribution in [2.75, 3.05) is 23.4 Å². The highest BCUT2D eigenvalue weighted by Gasteiger charge is 2.17. The molecule has 1 aromatic carbocycles. The molecule has 1 aliphatic rings. The van der Waals surface area contributed by atoms with Gasteiger partial charge in [-0.3, -0.25) is 4.79 Å². The molecule has 1 amide bonds. The Morgan fingerprint density at radius 2 is 2.17 bits per heavy atom. The molecule has 1 unspecified atom stereocenters. The van der Waals surface area contributed by atoms with E-state index in [9.17, 15) is 4.79 Å². The minimum atomic E-state index is 0. The molecule has 3 rings (SSSR count). The molecule has 24 heavy (non-hydrogen) atoms. The van der Waals surface area contributed by atoms with E-state index in [0.29, 0.717) is 13.0 Å². The Morgan fingerprint density at radius 1 is 1.38 bits per heavy atom. The minimum absolute atomic E-state index is 0. The normalized spacial score (nSPS) is 17.1. The summed E-state index contributed by atoms with van der Waals surface area (Å²) < 4.78 is 2.86. The number of amides is 1. The van der Waals surface area contributed by atoms with Gasteiger partial charge in [0.25, 0.3) is 0 Å². The Bertz CT molecular complexity index is 658. The van der Waals surface area contributed by atoms with Crippen LogP contribution in [-0.4, -0.2) is 39.8 Å². The summed E-state index contributed by atoms with van der Waals surface area (Å²) >= 11 is 5.33. The Labute approximate surface area is 160 Å². The van der Waals surface area contributed by atoms with Gasteiger partial charge in [-0.2, -0.15) is 16.9 Å². The molecule has 130 valence electrons. The number of carbonyl (C=O) groups excluding carboxylic acids is 1. The number of rotatable bonds is 5. The van der Waals surface area contributed by atoms with E-state index in [-0.39, 0.29) is 24.4 Å². The van der Waals surface area contributed by atoms with Crippen LogP contribution in [0.15, 0.2) is 41.0 Å². The van der Waals surface area contributed by atoms with Gasteiger partial charge in [-0.15, -0.1) is 12.4 Å². The van der Waals surface area contributed by atoms with Crippen LogP contribution in [0.3, 0.4) is 0 Å². The van der Waals surface area contributed by atoms with Crippen LogP contribution in [0.4, 0.5) is 5.82 Å². The lowest BCUT2D eigenvalue weighted by atomic mass is 10.2. The number of hydrogen-bond donors (Lipinski definition) is 2. The average molecular weight is 432 g/mol. The molecule has 0 aliphatic carbocycles. The van der Waals surface area contributed by atoms with Gasteiger partial charge in [0.05, 0.1) is 12.7 Å². The van der Waals surface area contributed by atoms with Crippen molar-refractivity contribution in [2.24, 2.45) is 0 Å². The number of aromatic nitrogens is 2. The second kappa shape index (κ2) is 9.46. The van der Waals surface area contributed by atoms with Crippen LogP contribution >= 0.6 is 40.1 Å². The molecule has 5 nitrogen and oxygen atoms in total. The van der Waals surface area contributed by atoms with E-state index in [2.05, 4.69) is 31.7 Å². The standard InChI is InChI=1S/C16H19BrN4OS.ClH/c17-13-3-1-12(2-4-13)10-21-15(5-6-19-21)20-16(22)9-14-11-23-8-7-18-14;/h1-6,14,18H,7-11H2,(H,20,22);1H. The maximum atomic E-state index is 12.2. The van der Waals surface area contributed by atoms with E-state index in [1.54, 1.807) is 6.20 Å². The van der Waals surface area contributed by atoms with Crippen molar-refractivity contribution in [1.82, 2.24) is 15.1 Å². The Morgan fingerprint density at radius 3 is 2.88 bits per heavy atom. The predicted octanol–water partition coefficient (Wildman–Crippen LogP) is 3.15. The number of nitrogens with one attached hydrogen (secondary N) is 2. The van der Waals surface area contributed by atoms with Gasteiger partial charge in [0.15, 0.2) is 0 Å². The zero-order valence-corrected chi connectivity index (χ0v) is 16.3. The van der Waals surface area contributed by atoms with Gasteiger partial charge in [-0.05, 0) is 17.7 Å². The fraction of sp³-hybridized carbons (Fsp3) is 0.375. The largest absolute Gasteiger partial charge is 0.312 e. The lowest BCUT2D eigenvalue weighted by molar-refractivity contribution is -0.116. The van der Waals surface area contributed by atoms with Crippen LogP contribution in [0.25, 0.3) is 0 Å². The molecular formula is C16H20BrClN4OS. The van der Waals surface area contributed by atoms with Crippen LogP contribution < -0.4 is 10.6 Å². The third-order valence-electron chi connectivity index (χ3n) is 3.66. The van der Waals surface area contributed by atoms with E-state index < -0.39 is 0 Å². The third-order valence-corrected chi connectivity index (χ3v) is 5.32. The Hall–Kier alpha value is -1.02. The van der Waals surface area contributed by atoms with Crippen LogP contribution in [0.1, 0.15) is 12.0 Å². The van der Waals surface area contributed by atoms with Crippen LogP contribution in [-0.2, 0) is 11.3 Å². The zero-order chi connectivity index (χ0) is 16.1. The van der Waals surface area contributed by atoms with Crippen molar-refractivity contribution in [3.63, 3.8) is 0 Å². The molecule has 2 heterocycles. The van der Waals surface area contributed by atoms with Crippen molar-refractivity contribution >= 4 is 51.8 Å². The molecule has 1 aromatic heterocycles. The molecule has 1 saturated heterocycles. The second-order valence-electron chi connectivity index (χ2n) is 5.48. The van der Waals surface area contributed by atoms with E-state index in [4.69, 9.17) is 0 Å². The third kappa shape index (κ3) is 5.51. The van der Waals surface area contributed by atoms with Crippen LogP contribution in [0.5, 0.6) is 0 Å². The summed E-state index contributed by atoms with van der Waals surface area (Å²) in [6, 6.07) is 10.2. The maximum absolute atomic E-state index is 12.2. The Kier molecular flexibility index (Phi) is 7.61. The van der Waals surface area contributed by atoms with Gasteiger partial charge in [0.2, 0.25) is 5.91 Å². The summed E-state index contributed by atoms with van der Waals surface area (Å²) in [7, 11) is 0. The lowest BCUT2D eigenvalue weighted by Crippen LogP contribution is -2.40. The number of anilines is 1. The highest BCUT2D eigenvalue weighted by molar-refractivity contribution is 9.10. The summed E-state index contributed by atoms with van der Waals surface area (Å²) in [4.78, 5) is 12.2. The Balaban J connectivity index is 0.00000208. The first-order valence-corrected chi connectivity index (χ1v) is 9.53. The van der Waals surface area contributed by atoms with Gasteiger partial charge in [-0.25, -0.2) is 4.68 Å². The van der Waals surface area contributed by atoms with Crippen molar-refractivity contribution in [2.45, 2.75) is 19.0 Å². The molecule has 1 aliphatic heterocycles. The van der Waals surface area contributed by atoms with E-state index in [0.717, 1.165) is 33.9 Å². The predicted molar refractivity (Wildman–Crippen MR) is 105 cm³/mol. The van der Waals surface area contributed by atoms with E-state index >= 15 is 0 Å². The second-order valence-corrected chi connectivity index (χ2v) is 7.54. The molecule has 0 saturated carbocycles. The molecule has 1 fully saturated rings. The van der Waals surface area contributed by atoms with E-state index in [1.807, 2.05) is 46.8 Å². The molecule has 8 heteroatoms. The van der Waals surface area contributed by atoms with Crippen LogP contribution in [0, 0.1) is 0 Å². The lowest BCUT2D eigenvalue weighted by Gasteiger charge is -2.22. The van der Waals surface area contributed by atoms with Crippen molar-refractivity contribution < 1.29 is 4.79 Å². The number of thioether (sulfide) groups is 1. The first-order valence-electron chi connectivity index (χ1n) is 7.58.